The van der Waals surface area contributed by atoms with Gasteiger partial charge in [0.2, 0.25) is 0 Å². The van der Waals surface area contributed by atoms with Crippen molar-refractivity contribution >= 4 is 11.7 Å². The summed E-state index contributed by atoms with van der Waals surface area (Å²) >= 11 is 0. The molecule has 88 valence electrons. The molecule has 0 saturated carbocycles. The lowest BCUT2D eigenvalue weighted by Gasteiger charge is -2.22. The highest BCUT2D eigenvalue weighted by Crippen LogP contribution is 2.25. The molecule has 0 fully saturated rings. The molecule has 4 nitrogen and oxygen atoms in total. The highest BCUT2D eigenvalue weighted by molar-refractivity contribution is 5.82. The van der Waals surface area contributed by atoms with Gasteiger partial charge in [0, 0.05) is 5.69 Å². The number of ether oxygens (including phenoxy) is 1. The fourth-order valence-corrected chi connectivity index (χ4v) is 1.41. The molecule has 0 bridgehead atoms. The van der Waals surface area contributed by atoms with Crippen molar-refractivity contribution in [3.8, 4) is 0 Å². The summed E-state index contributed by atoms with van der Waals surface area (Å²) in [6.45, 7) is 5.88. The molecule has 0 saturated heterocycles. The van der Waals surface area contributed by atoms with Crippen LogP contribution in [0.25, 0.3) is 0 Å². The minimum atomic E-state index is -0.636. The van der Waals surface area contributed by atoms with Crippen molar-refractivity contribution in [1.29, 1.82) is 0 Å². The number of rotatable bonds is 4. The monoisotopic (exact) mass is 222 g/mol. The van der Waals surface area contributed by atoms with Gasteiger partial charge in [-0.25, -0.2) is 0 Å². The first-order valence-corrected chi connectivity index (χ1v) is 5.26. The average Bonchev–Trinajstić information content (AvgIpc) is 2.29. The summed E-state index contributed by atoms with van der Waals surface area (Å²) in [5, 5.41) is 0. The summed E-state index contributed by atoms with van der Waals surface area (Å²) < 4.78 is 5.04. The molecule has 3 N–H and O–H groups in total. The van der Waals surface area contributed by atoms with Crippen molar-refractivity contribution in [2.24, 2.45) is 5.84 Å². The maximum Gasteiger partial charge on any atom is 0.315 e. The molecule has 0 unspecified atom stereocenters. The number of esters is 1. The molecule has 0 aliphatic rings. The Balaban J connectivity index is 2.93. The molecule has 0 aromatic heterocycles. The van der Waals surface area contributed by atoms with Crippen molar-refractivity contribution < 1.29 is 9.53 Å². The van der Waals surface area contributed by atoms with Crippen molar-refractivity contribution in [3.05, 3.63) is 29.8 Å². The summed E-state index contributed by atoms with van der Waals surface area (Å²) in [5.41, 5.74) is 3.62. The van der Waals surface area contributed by atoms with Gasteiger partial charge < -0.3 is 10.2 Å². The smallest absolute Gasteiger partial charge is 0.315 e. The molecule has 0 spiro atoms. The third-order valence-electron chi connectivity index (χ3n) is 2.56. The Bertz CT molecular complexity index is 358. The predicted molar refractivity (Wildman–Crippen MR) is 63.9 cm³/mol. The molecule has 1 aromatic carbocycles. The third-order valence-corrected chi connectivity index (χ3v) is 2.56. The van der Waals surface area contributed by atoms with Crippen LogP contribution in [-0.2, 0) is 14.9 Å². The number of hydrogen-bond donors (Lipinski definition) is 2. The fraction of sp³-hybridized carbons (Fsp3) is 0.417. The van der Waals surface area contributed by atoms with Crippen LogP contribution in [0.4, 0.5) is 5.69 Å². The quantitative estimate of drug-likeness (QED) is 0.463. The van der Waals surface area contributed by atoms with Crippen LogP contribution >= 0.6 is 0 Å². The largest absolute Gasteiger partial charge is 0.465 e. The Morgan fingerprint density at radius 1 is 1.38 bits per heavy atom. The molecule has 0 heterocycles. The Hall–Kier alpha value is -1.55. The van der Waals surface area contributed by atoms with Crippen LogP contribution in [0.15, 0.2) is 24.3 Å². The molecule has 1 aromatic rings. The zero-order chi connectivity index (χ0) is 12.2. The van der Waals surface area contributed by atoms with E-state index >= 15 is 0 Å². The molecule has 0 aliphatic carbocycles. The molecule has 1 rings (SSSR count). The fourth-order valence-electron chi connectivity index (χ4n) is 1.41. The summed E-state index contributed by atoms with van der Waals surface area (Å²) in [5.74, 6) is 5.06. The topological polar surface area (TPSA) is 64.3 Å². The van der Waals surface area contributed by atoms with E-state index in [4.69, 9.17) is 10.6 Å². The van der Waals surface area contributed by atoms with E-state index in [1.165, 1.54) is 0 Å². The normalized spacial score (nSPS) is 11.0. The minimum absolute atomic E-state index is 0.219. The van der Waals surface area contributed by atoms with E-state index in [1.807, 2.05) is 38.1 Å². The summed E-state index contributed by atoms with van der Waals surface area (Å²) in [4.78, 5) is 11.8. The Kier molecular flexibility index (Phi) is 3.90. The standard InChI is InChI=1S/C12H18N2O2/c1-4-16-11(15)12(2,3)9-5-7-10(14-13)8-6-9/h5-8,14H,4,13H2,1-3H3. The van der Waals surface area contributed by atoms with Gasteiger partial charge in [-0.05, 0) is 38.5 Å². The molecule has 4 heteroatoms. The zero-order valence-corrected chi connectivity index (χ0v) is 9.91. The number of anilines is 1. The van der Waals surface area contributed by atoms with Gasteiger partial charge in [0.25, 0.3) is 0 Å². The Labute approximate surface area is 95.8 Å². The first kappa shape index (κ1) is 12.5. The van der Waals surface area contributed by atoms with Crippen molar-refractivity contribution in [3.63, 3.8) is 0 Å². The second-order valence-corrected chi connectivity index (χ2v) is 4.07. The van der Waals surface area contributed by atoms with Crippen LogP contribution in [-0.4, -0.2) is 12.6 Å². The molecule has 16 heavy (non-hydrogen) atoms. The molecular weight excluding hydrogens is 204 g/mol. The highest BCUT2D eigenvalue weighted by Gasteiger charge is 2.31. The first-order valence-electron chi connectivity index (χ1n) is 5.26. The SMILES string of the molecule is CCOC(=O)C(C)(C)c1ccc(NN)cc1. The van der Waals surface area contributed by atoms with Gasteiger partial charge in [-0.1, -0.05) is 12.1 Å². The number of nitrogen functional groups attached to an aromatic ring is 1. The van der Waals surface area contributed by atoms with Gasteiger partial charge in [-0.15, -0.1) is 0 Å². The van der Waals surface area contributed by atoms with Gasteiger partial charge >= 0.3 is 5.97 Å². The molecule has 0 amide bonds. The molecular formula is C12H18N2O2. The summed E-state index contributed by atoms with van der Waals surface area (Å²) in [6.07, 6.45) is 0. The second-order valence-electron chi connectivity index (χ2n) is 4.07. The number of nitrogens with one attached hydrogen (secondary N) is 1. The van der Waals surface area contributed by atoms with E-state index in [0.29, 0.717) is 6.61 Å². The van der Waals surface area contributed by atoms with E-state index < -0.39 is 5.41 Å². The zero-order valence-electron chi connectivity index (χ0n) is 9.91. The number of hydrazine groups is 1. The molecule has 0 atom stereocenters. The van der Waals surface area contributed by atoms with E-state index in [9.17, 15) is 4.79 Å². The molecule has 0 aliphatic heterocycles. The lowest BCUT2D eigenvalue weighted by atomic mass is 9.85. The van der Waals surface area contributed by atoms with Crippen LogP contribution in [0.5, 0.6) is 0 Å². The maximum absolute atomic E-state index is 11.8. The van der Waals surface area contributed by atoms with Gasteiger partial charge in [0.05, 0.1) is 12.0 Å². The lowest BCUT2D eigenvalue weighted by molar-refractivity contribution is -0.148. The van der Waals surface area contributed by atoms with Crippen LogP contribution in [0, 0.1) is 0 Å². The first-order chi connectivity index (χ1) is 7.52. The van der Waals surface area contributed by atoms with Gasteiger partial charge in [-0.3, -0.25) is 10.6 Å². The minimum Gasteiger partial charge on any atom is -0.465 e. The Morgan fingerprint density at radius 2 is 1.94 bits per heavy atom. The predicted octanol–water partition coefficient (Wildman–Crippen LogP) is 1.81. The second kappa shape index (κ2) is 4.99. The van der Waals surface area contributed by atoms with E-state index in [1.54, 1.807) is 6.92 Å². The number of carbonyl (C=O) groups is 1. The van der Waals surface area contributed by atoms with Crippen molar-refractivity contribution in [2.75, 3.05) is 12.0 Å². The van der Waals surface area contributed by atoms with E-state index in [-0.39, 0.29) is 5.97 Å². The van der Waals surface area contributed by atoms with E-state index in [0.717, 1.165) is 11.3 Å². The Morgan fingerprint density at radius 3 is 2.38 bits per heavy atom. The van der Waals surface area contributed by atoms with Crippen molar-refractivity contribution in [2.45, 2.75) is 26.2 Å². The third kappa shape index (κ3) is 2.52. The van der Waals surface area contributed by atoms with Crippen LogP contribution in [0.3, 0.4) is 0 Å². The van der Waals surface area contributed by atoms with Crippen molar-refractivity contribution in [1.82, 2.24) is 0 Å². The van der Waals surface area contributed by atoms with Crippen LogP contribution in [0.2, 0.25) is 0 Å². The highest BCUT2D eigenvalue weighted by atomic mass is 16.5. The van der Waals surface area contributed by atoms with Crippen LogP contribution < -0.4 is 11.3 Å². The van der Waals surface area contributed by atoms with Gasteiger partial charge in [-0.2, -0.15) is 0 Å². The lowest BCUT2D eigenvalue weighted by Crippen LogP contribution is -2.31. The maximum atomic E-state index is 11.8. The summed E-state index contributed by atoms with van der Waals surface area (Å²) in [6, 6.07) is 7.39. The van der Waals surface area contributed by atoms with E-state index in [2.05, 4.69) is 5.43 Å². The number of nitrogens with two attached hydrogens (primary N) is 1. The number of hydrogen-bond acceptors (Lipinski definition) is 4. The van der Waals surface area contributed by atoms with Gasteiger partial charge in [0.1, 0.15) is 0 Å². The van der Waals surface area contributed by atoms with Gasteiger partial charge in [0.15, 0.2) is 0 Å². The summed E-state index contributed by atoms with van der Waals surface area (Å²) in [7, 11) is 0. The average molecular weight is 222 g/mol. The molecule has 0 radical (unpaired) electrons. The number of carbonyl (C=O) groups excluding carboxylic acids is 1. The van der Waals surface area contributed by atoms with Crippen LogP contribution in [0.1, 0.15) is 26.3 Å². The number of benzene rings is 1.